The van der Waals surface area contributed by atoms with Crippen molar-refractivity contribution in [3.8, 4) is 11.6 Å². The first-order valence-electron chi connectivity index (χ1n) is 7.84. The largest absolute Gasteiger partial charge is 0.444 e. The standard InChI is InChI=1S/C19H16ClN3O3/c1-13-9-15(23-19(24)25-11-14-5-3-2-4-6-14)7-8-16(13)26-18-10-17(20)21-12-22-18/h2-10,12H,11H2,1H3,(H,23,24). The summed E-state index contributed by atoms with van der Waals surface area (Å²) >= 11 is 5.81. The van der Waals surface area contributed by atoms with E-state index < -0.39 is 6.09 Å². The lowest BCUT2D eigenvalue weighted by atomic mass is 10.2. The van der Waals surface area contributed by atoms with Crippen LogP contribution in [0.15, 0.2) is 60.9 Å². The van der Waals surface area contributed by atoms with E-state index in [1.165, 1.54) is 12.4 Å². The Hall–Kier alpha value is -3.12. The number of hydrogen-bond donors (Lipinski definition) is 1. The highest BCUT2D eigenvalue weighted by Gasteiger charge is 2.08. The molecular formula is C19H16ClN3O3. The summed E-state index contributed by atoms with van der Waals surface area (Å²) in [6.45, 7) is 2.07. The molecule has 0 bridgehead atoms. The van der Waals surface area contributed by atoms with Crippen LogP contribution in [-0.4, -0.2) is 16.1 Å². The van der Waals surface area contributed by atoms with Crippen LogP contribution in [0.25, 0.3) is 0 Å². The normalized spacial score (nSPS) is 10.2. The average molecular weight is 370 g/mol. The third-order valence-corrected chi connectivity index (χ3v) is 3.66. The Bertz CT molecular complexity index is 904. The highest BCUT2D eigenvalue weighted by molar-refractivity contribution is 6.29. The van der Waals surface area contributed by atoms with Gasteiger partial charge in [0.2, 0.25) is 5.88 Å². The summed E-state index contributed by atoms with van der Waals surface area (Å²) in [5, 5.41) is 2.99. The number of aromatic nitrogens is 2. The molecule has 7 heteroatoms. The number of rotatable bonds is 5. The number of carbonyl (C=O) groups excluding carboxylic acids is 1. The van der Waals surface area contributed by atoms with Crippen molar-refractivity contribution in [1.82, 2.24) is 9.97 Å². The quantitative estimate of drug-likeness (QED) is 0.642. The van der Waals surface area contributed by atoms with E-state index in [0.717, 1.165) is 11.1 Å². The molecule has 0 fully saturated rings. The Morgan fingerprint density at radius 3 is 2.65 bits per heavy atom. The summed E-state index contributed by atoms with van der Waals surface area (Å²) in [4.78, 5) is 19.7. The molecule has 132 valence electrons. The van der Waals surface area contributed by atoms with Crippen molar-refractivity contribution in [3.63, 3.8) is 0 Å². The molecule has 2 aromatic carbocycles. The summed E-state index contributed by atoms with van der Waals surface area (Å²) in [5.74, 6) is 0.944. The van der Waals surface area contributed by atoms with Gasteiger partial charge in [0.15, 0.2) is 0 Å². The second kappa shape index (κ2) is 8.31. The van der Waals surface area contributed by atoms with Crippen molar-refractivity contribution in [3.05, 3.63) is 77.2 Å². The Morgan fingerprint density at radius 1 is 1.12 bits per heavy atom. The summed E-state index contributed by atoms with van der Waals surface area (Å²) in [6.07, 6.45) is 0.801. The second-order valence-electron chi connectivity index (χ2n) is 5.45. The number of nitrogens with one attached hydrogen (secondary N) is 1. The van der Waals surface area contributed by atoms with Crippen LogP contribution in [0.1, 0.15) is 11.1 Å². The van der Waals surface area contributed by atoms with E-state index in [1.807, 2.05) is 37.3 Å². The second-order valence-corrected chi connectivity index (χ2v) is 5.84. The Morgan fingerprint density at radius 2 is 1.92 bits per heavy atom. The molecule has 3 aromatic rings. The van der Waals surface area contributed by atoms with Crippen LogP contribution in [0.5, 0.6) is 11.6 Å². The molecule has 1 heterocycles. The summed E-state index contributed by atoms with van der Waals surface area (Å²) in [7, 11) is 0. The molecule has 0 aliphatic carbocycles. The van der Waals surface area contributed by atoms with Crippen molar-refractivity contribution < 1.29 is 14.3 Å². The third-order valence-electron chi connectivity index (χ3n) is 3.46. The Labute approximate surface area is 155 Å². The smallest absolute Gasteiger partial charge is 0.411 e. The molecule has 0 aliphatic rings. The predicted octanol–water partition coefficient (Wildman–Crippen LogP) is 4.98. The molecule has 0 saturated carbocycles. The van der Waals surface area contributed by atoms with Crippen LogP contribution in [0.2, 0.25) is 5.15 Å². The average Bonchev–Trinajstić information content (AvgIpc) is 2.63. The number of amides is 1. The lowest BCUT2D eigenvalue weighted by Gasteiger charge is -2.11. The first-order valence-corrected chi connectivity index (χ1v) is 8.22. The van der Waals surface area contributed by atoms with Crippen molar-refractivity contribution in [2.24, 2.45) is 0 Å². The maximum absolute atomic E-state index is 11.9. The van der Waals surface area contributed by atoms with Gasteiger partial charge < -0.3 is 9.47 Å². The van der Waals surface area contributed by atoms with Crippen LogP contribution >= 0.6 is 11.6 Å². The molecule has 3 rings (SSSR count). The third kappa shape index (κ3) is 4.94. The van der Waals surface area contributed by atoms with E-state index in [9.17, 15) is 4.79 Å². The van der Waals surface area contributed by atoms with Gasteiger partial charge >= 0.3 is 6.09 Å². The van der Waals surface area contributed by atoms with Crippen LogP contribution in [0.3, 0.4) is 0 Å². The monoisotopic (exact) mass is 369 g/mol. The zero-order valence-electron chi connectivity index (χ0n) is 14.0. The van der Waals surface area contributed by atoms with E-state index in [0.29, 0.717) is 22.5 Å². The Balaban J connectivity index is 1.59. The topological polar surface area (TPSA) is 73.3 Å². The van der Waals surface area contributed by atoms with Gasteiger partial charge in [0.25, 0.3) is 0 Å². The van der Waals surface area contributed by atoms with Gasteiger partial charge in [-0.2, -0.15) is 0 Å². The molecule has 0 unspecified atom stereocenters. The lowest BCUT2D eigenvalue weighted by molar-refractivity contribution is 0.155. The number of hydrogen-bond acceptors (Lipinski definition) is 5. The molecule has 0 saturated heterocycles. The van der Waals surface area contributed by atoms with Crippen LogP contribution in [-0.2, 0) is 11.3 Å². The predicted molar refractivity (Wildman–Crippen MR) is 98.5 cm³/mol. The zero-order valence-corrected chi connectivity index (χ0v) is 14.7. The van der Waals surface area contributed by atoms with E-state index in [2.05, 4.69) is 15.3 Å². The van der Waals surface area contributed by atoms with Crippen LogP contribution in [0, 0.1) is 6.92 Å². The van der Waals surface area contributed by atoms with E-state index in [-0.39, 0.29) is 6.61 Å². The van der Waals surface area contributed by atoms with Crippen LogP contribution < -0.4 is 10.1 Å². The molecule has 1 amide bonds. The minimum atomic E-state index is -0.524. The van der Waals surface area contributed by atoms with E-state index >= 15 is 0 Å². The number of carbonyl (C=O) groups is 1. The number of aryl methyl sites for hydroxylation is 1. The van der Waals surface area contributed by atoms with E-state index in [4.69, 9.17) is 21.1 Å². The summed E-state index contributed by atoms with van der Waals surface area (Å²) in [6, 6.07) is 16.2. The fourth-order valence-electron chi connectivity index (χ4n) is 2.20. The maximum Gasteiger partial charge on any atom is 0.411 e. The number of benzene rings is 2. The highest BCUT2D eigenvalue weighted by atomic mass is 35.5. The summed E-state index contributed by atoms with van der Waals surface area (Å²) in [5.41, 5.74) is 2.35. The van der Waals surface area contributed by atoms with Crippen LogP contribution in [0.4, 0.5) is 10.5 Å². The molecule has 6 nitrogen and oxygen atoms in total. The van der Waals surface area contributed by atoms with Gasteiger partial charge in [-0.25, -0.2) is 14.8 Å². The zero-order chi connectivity index (χ0) is 18.4. The maximum atomic E-state index is 11.9. The Kier molecular flexibility index (Phi) is 5.66. The first kappa shape index (κ1) is 17.7. The molecule has 0 aliphatic heterocycles. The number of halogens is 1. The van der Waals surface area contributed by atoms with Crippen molar-refractivity contribution >= 4 is 23.4 Å². The number of ether oxygens (including phenoxy) is 2. The number of nitrogens with zero attached hydrogens (tertiary/aromatic N) is 2. The molecule has 1 aromatic heterocycles. The van der Waals surface area contributed by atoms with Gasteiger partial charge in [-0.05, 0) is 36.2 Å². The van der Waals surface area contributed by atoms with Gasteiger partial charge in [0.1, 0.15) is 23.8 Å². The van der Waals surface area contributed by atoms with Gasteiger partial charge in [-0.1, -0.05) is 41.9 Å². The SMILES string of the molecule is Cc1cc(NC(=O)OCc2ccccc2)ccc1Oc1cc(Cl)ncn1. The molecule has 0 spiro atoms. The fourth-order valence-corrected chi connectivity index (χ4v) is 2.34. The van der Waals surface area contributed by atoms with Crippen molar-refractivity contribution in [1.29, 1.82) is 0 Å². The van der Waals surface area contributed by atoms with Crippen molar-refractivity contribution in [2.75, 3.05) is 5.32 Å². The van der Waals surface area contributed by atoms with E-state index in [1.54, 1.807) is 18.2 Å². The van der Waals surface area contributed by atoms with Gasteiger partial charge in [0, 0.05) is 11.8 Å². The highest BCUT2D eigenvalue weighted by Crippen LogP contribution is 2.27. The lowest BCUT2D eigenvalue weighted by Crippen LogP contribution is -2.13. The molecule has 0 radical (unpaired) electrons. The fraction of sp³-hybridized carbons (Fsp3) is 0.105. The van der Waals surface area contributed by atoms with Crippen molar-refractivity contribution in [2.45, 2.75) is 13.5 Å². The van der Waals surface area contributed by atoms with Gasteiger partial charge in [-0.3, -0.25) is 5.32 Å². The minimum Gasteiger partial charge on any atom is -0.444 e. The summed E-state index contributed by atoms with van der Waals surface area (Å²) < 4.78 is 10.9. The molecule has 0 atom stereocenters. The van der Waals surface area contributed by atoms with Gasteiger partial charge in [0.05, 0.1) is 0 Å². The molecular weight excluding hydrogens is 354 g/mol. The molecule has 1 N–H and O–H groups in total. The number of anilines is 1. The minimum absolute atomic E-state index is 0.210. The first-order chi connectivity index (χ1) is 12.6. The van der Waals surface area contributed by atoms with Gasteiger partial charge in [-0.15, -0.1) is 0 Å². The molecule has 26 heavy (non-hydrogen) atoms.